The molecule has 2 rings (SSSR count). The van der Waals surface area contributed by atoms with E-state index in [-0.39, 0.29) is 4.90 Å². The van der Waals surface area contributed by atoms with Crippen LogP contribution in [0.15, 0.2) is 45.8 Å². The normalized spacial score (nSPS) is 11.2. The van der Waals surface area contributed by atoms with Crippen LogP contribution in [0.25, 0.3) is 0 Å². The van der Waals surface area contributed by atoms with E-state index in [1.165, 1.54) is 7.11 Å². The zero-order chi connectivity index (χ0) is 15.6. The average Bonchev–Trinajstić information content (AvgIpc) is 2.40. The summed E-state index contributed by atoms with van der Waals surface area (Å²) in [4.78, 5) is 0.266. The molecule has 21 heavy (non-hydrogen) atoms. The Labute approximate surface area is 133 Å². The maximum atomic E-state index is 12.5. The van der Waals surface area contributed by atoms with Crippen LogP contribution in [0.2, 0.25) is 0 Å². The van der Waals surface area contributed by atoms with E-state index < -0.39 is 10.0 Å². The number of halogens is 1. The van der Waals surface area contributed by atoms with E-state index in [9.17, 15) is 8.42 Å². The standard InChI is InChI=1S/C15H16BrNO3S/c1-10-4-7-15(11(2)8-10)21(18,19)17-14-9-12(20-3)5-6-13(14)16/h4-9,17H,1-3H3. The average molecular weight is 370 g/mol. The number of nitrogens with one attached hydrogen (secondary N) is 1. The first kappa shape index (κ1) is 15.9. The van der Waals surface area contributed by atoms with Crippen LogP contribution < -0.4 is 9.46 Å². The fourth-order valence-corrected chi connectivity index (χ4v) is 3.79. The zero-order valence-corrected chi connectivity index (χ0v) is 14.4. The second-order valence-corrected chi connectivity index (χ2v) is 7.23. The van der Waals surface area contributed by atoms with E-state index in [0.717, 1.165) is 5.56 Å². The predicted octanol–water partition coefficient (Wildman–Crippen LogP) is 3.88. The van der Waals surface area contributed by atoms with E-state index in [1.54, 1.807) is 37.3 Å². The van der Waals surface area contributed by atoms with Crippen molar-refractivity contribution in [3.63, 3.8) is 0 Å². The first-order valence-electron chi connectivity index (χ1n) is 6.27. The lowest BCUT2D eigenvalue weighted by molar-refractivity contribution is 0.415. The molecule has 0 aliphatic heterocycles. The van der Waals surface area contributed by atoms with Gasteiger partial charge in [0.15, 0.2) is 0 Å². The van der Waals surface area contributed by atoms with Gasteiger partial charge in [0.2, 0.25) is 0 Å². The van der Waals surface area contributed by atoms with Crippen molar-refractivity contribution in [2.75, 3.05) is 11.8 Å². The van der Waals surface area contributed by atoms with Gasteiger partial charge in [-0.05, 0) is 53.5 Å². The molecule has 6 heteroatoms. The van der Waals surface area contributed by atoms with Gasteiger partial charge in [-0.3, -0.25) is 4.72 Å². The molecule has 0 aromatic heterocycles. The number of sulfonamides is 1. The smallest absolute Gasteiger partial charge is 0.262 e. The molecule has 0 aliphatic rings. The van der Waals surface area contributed by atoms with Crippen LogP contribution in [0.1, 0.15) is 11.1 Å². The van der Waals surface area contributed by atoms with Gasteiger partial charge in [0.1, 0.15) is 5.75 Å². The summed E-state index contributed by atoms with van der Waals surface area (Å²) in [5, 5.41) is 0. The molecule has 2 aromatic carbocycles. The highest BCUT2D eigenvalue weighted by Gasteiger charge is 2.18. The van der Waals surface area contributed by atoms with Gasteiger partial charge in [0, 0.05) is 10.5 Å². The summed E-state index contributed by atoms with van der Waals surface area (Å²) in [6, 6.07) is 10.3. The van der Waals surface area contributed by atoms with Gasteiger partial charge in [0.25, 0.3) is 10.0 Å². The third kappa shape index (κ3) is 3.57. The summed E-state index contributed by atoms with van der Waals surface area (Å²) in [6.07, 6.45) is 0. The van der Waals surface area contributed by atoms with E-state index in [2.05, 4.69) is 20.7 Å². The SMILES string of the molecule is COc1ccc(Br)c(NS(=O)(=O)c2ccc(C)cc2C)c1. The molecule has 0 saturated heterocycles. The Kier molecular flexibility index (Phi) is 4.58. The minimum absolute atomic E-state index is 0.266. The van der Waals surface area contributed by atoms with E-state index in [4.69, 9.17) is 4.74 Å². The van der Waals surface area contributed by atoms with Crippen molar-refractivity contribution in [2.24, 2.45) is 0 Å². The molecule has 112 valence electrons. The van der Waals surface area contributed by atoms with Crippen LogP contribution in [-0.2, 0) is 10.0 Å². The predicted molar refractivity (Wildman–Crippen MR) is 87.4 cm³/mol. The number of benzene rings is 2. The molecule has 0 heterocycles. The third-order valence-corrected chi connectivity index (χ3v) is 5.26. The number of hydrogen-bond donors (Lipinski definition) is 1. The van der Waals surface area contributed by atoms with Gasteiger partial charge in [0.05, 0.1) is 17.7 Å². The van der Waals surface area contributed by atoms with Crippen molar-refractivity contribution >= 4 is 31.6 Å². The monoisotopic (exact) mass is 369 g/mol. The van der Waals surface area contributed by atoms with Gasteiger partial charge >= 0.3 is 0 Å². The number of anilines is 1. The second-order valence-electron chi connectivity index (χ2n) is 4.72. The highest BCUT2D eigenvalue weighted by Crippen LogP contribution is 2.29. The molecule has 4 nitrogen and oxygen atoms in total. The molecule has 2 aromatic rings. The molecule has 0 saturated carbocycles. The lowest BCUT2D eigenvalue weighted by atomic mass is 10.2. The van der Waals surface area contributed by atoms with Gasteiger partial charge in [-0.25, -0.2) is 8.42 Å². The van der Waals surface area contributed by atoms with E-state index in [1.807, 2.05) is 13.0 Å². The molecule has 0 fully saturated rings. The maximum absolute atomic E-state index is 12.5. The van der Waals surface area contributed by atoms with E-state index in [0.29, 0.717) is 21.5 Å². The van der Waals surface area contributed by atoms with Crippen molar-refractivity contribution in [3.8, 4) is 5.75 Å². The van der Waals surface area contributed by atoms with E-state index >= 15 is 0 Å². The quantitative estimate of drug-likeness (QED) is 0.889. The number of methoxy groups -OCH3 is 1. The molecular formula is C15H16BrNO3S. The Balaban J connectivity index is 2.42. The van der Waals surface area contributed by atoms with Gasteiger partial charge in [-0.2, -0.15) is 0 Å². The van der Waals surface area contributed by atoms with Crippen molar-refractivity contribution < 1.29 is 13.2 Å². The summed E-state index contributed by atoms with van der Waals surface area (Å²) in [5.74, 6) is 0.580. The Morgan fingerprint density at radius 2 is 1.81 bits per heavy atom. The summed E-state index contributed by atoms with van der Waals surface area (Å²) in [5.41, 5.74) is 2.17. The Morgan fingerprint density at radius 1 is 1.10 bits per heavy atom. The van der Waals surface area contributed by atoms with Crippen molar-refractivity contribution in [1.82, 2.24) is 0 Å². The Hall–Kier alpha value is -1.53. The second kappa shape index (κ2) is 6.07. The van der Waals surface area contributed by atoms with Crippen molar-refractivity contribution in [1.29, 1.82) is 0 Å². The molecule has 0 radical (unpaired) electrons. The fourth-order valence-electron chi connectivity index (χ4n) is 2.01. The first-order valence-corrected chi connectivity index (χ1v) is 8.55. The Bertz CT molecular complexity index is 772. The highest BCUT2D eigenvalue weighted by atomic mass is 79.9. The van der Waals surface area contributed by atoms with Gasteiger partial charge < -0.3 is 4.74 Å². The lowest BCUT2D eigenvalue weighted by Crippen LogP contribution is -2.14. The minimum atomic E-state index is -3.64. The fraction of sp³-hybridized carbons (Fsp3) is 0.200. The molecule has 0 atom stereocenters. The summed E-state index contributed by atoms with van der Waals surface area (Å²) in [7, 11) is -2.11. The summed E-state index contributed by atoms with van der Waals surface area (Å²) < 4.78 is 33.4. The molecule has 0 spiro atoms. The summed E-state index contributed by atoms with van der Waals surface area (Å²) >= 11 is 3.33. The van der Waals surface area contributed by atoms with Crippen molar-refractivity contribution in [2.45, 2.75) is 18.7 Å². The largest absolute Gasteiger partial charge is 0.497 e. The first-order chi connectivity index (χ1) is 9.83. The molecule has 0 unspecified atom stereocenters. The van der Waals surface area contributed by atoms with Crippen LogP contribution in [0.3, 0.4) is 0 Å². The topological polar surface area (TPSA) is 55.4 Å². The van der Waals surface area contributed by atoms with Crippen LogP contribution in [0.5, 0.6) is 5.75 Å². The maximum Gasteiger partial charge on any atom is 0.262 e. The van der Waals surface area contributed by atoms with Crippen LogP contribution in [-0.4, -0.2) is 15.5 Å². The Morgan fingerprint density at radius 3 is 2.43 bits per heavy atom. The van der Waals surface area contributed by atoms with Gasteiger partial charge in [-0.1, -0.05) is 17.7 Å². The molecule has 1 N–H and O–H groups in total. The number of aryl methyl sites for hydroxylation is 2. The van der Waals surface area contributed by atoms with Crippen LogP contribution in [0.4, 0.5) is 5.69 Å². The van der Waals surface area contributed by atoms with Crippen LogP contribution >= 0.6 is 15.9 Å². The molecular weight excluding hydrogens is 354 g/mol. The van der Waals surface area contributed by atoms with Gasteiger partial charge in [-0.15, -0.1) is 0 Å². The minimum Gasteiger partial charge on any atom is -0.497 e. The number of ether oxygens (including phenoxy) is 1. The third-order valence-electron chi connectivity index (χ3n) is 3.04. The van der Waals surface area contributed by atoms with Crippen molar-refractivity contribution in [3.05, 3.63) is 52.0 Å². The molecule has 0 amide bonds. The highest BCUT2D eigenvalue weighted by molar-refractivity contribution is 9.10. The molecule has 0 bridgehead atoms. The number of hydrogen-bond acceptors (Lipinski definition) is 3. The lowest BCUT2D eigenvalue weighted by Gasteiger charge is -2.13. The zero-order valence-electron chi connectivity index (χ0n) is 12.0. The summed E-state index contributed by atoms with van der Waals surface area (Å²) in [6.45, 7) is 3.71. The van der Waals surface area contributed by atoms with Crippen LogP contribution in [0, 0.1) is 13.8 Å². The molecule has 0 aliphatic carbocycles. The number of rotatable bonds is 4.